The van der Waals surface area contributed by atoms with E-state index >= 15 is 0 Å². The number of hydrogen-bond donors (Lipinski definition) is 3. The van der Waals surface area contributed by atoms with Crippen LogP contribution in [0.4, 0.5) is 4.39 Å². The fourth-order valence-electron chi connectivity index (χ4n) is 7.00. The van der Waals surface area contributed by atoms with Crippen molar-refractivity contribution in [2.75, 3.05) is 20.1 Å². The van der Waals surface area contributed by atoms with Crippen LogP contribution < -0.4 is 10.6 Å². The number of carbonyl (C=O) groups is 5. The van der Waals surface area contributed by atoms with E-state index in [2.05, 4.69) is 15.6 Å². The third-order valence-electron chi connectivity index (χ3n) is 10.4. The maximum absolute atomic E-state index is 14.6. The average Bonchev–Trinajstić information content (AvgIpc) is 3.62. The van der Waals surface area contributed by atoms with Crippen molar-refractivity contribution in [2.24, 2.45) is 17.8 Å². The Morgan fingerprint density at radius 3 is 2.31 bits per heavy atom. The number of thiazole rings is 1. The summed E-state index contributed by atoms with van der Waals surface area (Å²) < 4.78 is 19.4. The zero-order valence-corrected chi connectivity index (χ0v) is 33.9. The standard InChI is InChI=1S/C40H60FN5O7S/c1-9-18-46(39(50)35(25(5)10-2)44-37(49)32-13-11-12-19-45(32)8)33(24(3)4)22-34(53-27(7)47)38-43-31(23-54-38)36(48)42-30(20-26(6)40(51)52)21-28-14-16-29(41)17-15-28/h14-17,23-26,30,32-35H,9-13,18-22H2,1-8H3,(H,42,48)(H,44,49)(H,51,52)/t25-,26-,30+,32+,33+,34+,35-/m0/s1. The van der Waals surface area contributed by atoms with Gasteiger partial charge in [0.2, 0.25) is 11.8 Å². The Kier molecular flexibility index (Phi) is 17.5. The van der Waals surface area contributed by atoms with Gasteiger partial charge in [-0.15, -0.1) is 11.3 Å². The van der Waals surface area contributed by atoms with Crippen LogP contribution in [0.1, 0.15) is 121 Å². The lowest BCUT2D eigenvalue weighted by Crippen LogP contribution is -2.58. The number of nitrogens with zero attached hydrogens (tertiary/aromatic N) is 3. The van der Waals surface area contributed by atoms with Gasteiger partial charge in [-0.2, -0.15) is 0 Å². The van der Waals surface area contributed by atoms with E-state index in [1.807, 2.05) is 51.5 Å². The number of amides is 3. The summed E-state index contributed by atoms with van der Waals surface area (Å²) in [6.07, 6.45) is 3.85. The first-order valence-corrected chi connectivity index (χ1v) is 20.2. The molecule has 14 heteroatoms. The lowest BCUT2D eigenvalue weighted by atomic mass is 9.92. The van der Waals surface area contributed by atoms with Crippen LogP contribution in [0.25, 0.3) is 0 Å². The molecule has 1 aromatic carbocycles. The normalized spacial score (nSPS) is 18.1. The summed E-state index contributed by atoms with van der Waals surface area (Å²) in [5.74, 6) is -3.74. The number of rotatable bonds is 20. The minimum absolute atomic E-state index is 0.0671. The third-order valence-corrected chi connectivity index (χ3v) is 11.3. The van der Waals surface area contributed by atoms with E-state index < -0.39 is 53.8 Å². The second kappa shape index (κ2) is 21.3. The molecule has 3 N–H and O–H groups in total. The Morgan fingerprint density at radius 1 is 1.06 bits per heavy atom. The maximum atomic E-state index is 14.6. The number of benzene rings is 1. The molecule has 1 saturated heterocycles. The molecule has 300 valence electrons. The molecule has 0 unspecified atom stereocenters. The predicted molar refractivity (Wildman–Crippen MR) is 206 cm³/mol. The molecule has 0 radical (unpaired) electrons. The van der Waals surface area contributed by atoms with Crippen molar-refractivity contribution in [3.63, 3.8) is 0 Å². The van der Waals surface area contributed by atoms with E-state index in [0.29, 0.717) is 24.4 Å². The number of carbonyl (C=O) groups excluding carboxylic acids is 4. The van der Waals surface area contributed by atoms with Gasteiger partial charge in [-0.25, -0.2) is 9.37 Å². The first-order chi connectivity index (χ1) is 25.6. The Morgan fingerprint density at radius 2 is 1.74 bits per heavy atom. The number of ether oxygens (including phenoxy) is 1. The highest BCUT2D eigenvalue weighted by atomic mass is 32.1. The zero-order chi connectivity index (χ0) is 40.1. The number of likely N-dealkylation sites (tertiary alicyclic amines) is 1. The number of carboxylic acids is 1. The summed E-state index contributed by atoms with van der Waals surface area (Å²) >= 11 is 1.16. The molecule has 12 nitrogen and oxygen atoms in total. The number of likely N-dealkylation sites (N-methyl/N-ethyl adjacent to an activating group) is 1. The molecular weight excluding hydrogens is 714 g/mol. The fraction of sp³-hybridized carbons (Fsp3) is 0.650. The van der Waals surface area contributed by atoms with Crippen LogP contribution in [0.3, 0.4) is 0 Å². The van der Waals surface area contributed by atoms with E-state index in [-0.39, 0.29) is 54.6 Å². The summed E-state index contributed by atoms with van der Waals surface area (Å²) in [5, 5.41) is 17.5. The Hall–Kier alpha value is -3.91. The van der Waals surface area contributed by atoms with Gasteiger partial charge in [0.1, 0.15) is 22.6 Å². The smallest absolute Gasteiger partial charge is 0.306 e. The van der Waals surface area contributed by atoms with Crippen LogP contribution in [0.2, 0.25) is 0 Å². The van der Waals surface area contributed by atoms with Gasteiger partial charge in [-0.05, 0) is 75.2 Å². The lowest BCUT2D eigenvalue weighted by Gasteiger charge is -2.40. The van der Waals surface area contributed by atoms with Crippen LogP contribution >= 0.6 is 11.3 Å². The number of piperidine rings is 1. The summed E-state index contributed by atoms with van der Waals surface area (Å²) in [7, 11) is 1.94. The predicted octanol–water partition coefficient (Wildman–Crippen LogP) is 6.01. The van der Waals surface area contributed by atoms with Gasteiger partial charge in [0, 0.05) is 37.4 Å². The number of carboxylic acid groups (broad SMARTS) is 1. The molecule has 0 spiro atoms. The first-order valence-electron chi connectivity index (χ1n) is 19.3. The number of hydrogen-bond acceptors (Lipinski definition) is 9. The number of nitrogens with one attached hydrogen (secondary N) is 2. The molecule has 1 fully saturated rings. The van der Waals surface area contributed by atoms with Crippen molar-refractivity contribution in [1.29, 1.82) is 0 Å². The van der Waals surface area contributed by atoms with E-state index in [9.17, 15) is 33.5 Å². The topological polar surface area (TPSA) is 158 Å². The van der Waals surface area contributed by atoms with E-state index in [1.54, 1.807) is 24.4 Å². The summed E-state index contributed by atoms with van der Waals surface area (Å²) in [4.78, 5) is 74.2. The fourth-order valence-corrected chi connectivity index (χ4v) is 7.84. The molecule has 3 amide bonds. The third kappa shape index (κ3) is 12.9. The van der Waals surface area contributed by atoms with Crippen molar-refractivity contribution < 1.29 is 38.2 Å². The van der Waals surface area contributed by atoms with Gasteiger partial charge in [0.05, 0.1) is 12.0 Å². The molecule has 3 rings (SSSR count). The van der Waals surface area contributed by atoms with Gasteiger partial charge in [-0.3, -0.25) is 28.9 Å². The van der Waals surface area contributed by atoms with Crippen LogP contribution in [-0.4, -0.2) is 93.9 Å². The Balaban J connectivity index is 1.88. The molecule has 2 aromatic rings. The van der Waals surface area contributed by atoms with Gasteiger partial charge in [0.15, 0.2) is 6.10 Å². The molecule has 2 heterocycles. The highest BCUT2D eigenvalue weighted by molar-refractivity contribution is 7.09. The summed E-state index contributed by atoms with van der Waals surface area (Å²) in [6, 6.07) is 3.80. The quantitative estimate of drug-likeness (QED) is 0.137. The first kappa shape index (κ1) is 44.5. The molecular formula is C40H60FN5O7S. The summed E-state index contributed by atoms with van der Waals surface area (Å²) in [6.45, 7) is 14.1. The largest absolute Gasteiger partial charge is 0.481 e. The lowest BCUT2D eigenvalue weighted by molar-refractivity contribution is -0.150. The molecule has 0 aliphatic carbocycles. The molecule has 1 aliphatic heterocycles. The second-order valence-electron chi connectivity index (χ2n) is 15.1. The van der Waals surface area contributed by atoms with E-state index in [0.717, 1.165) is 42.7 Å². The van der Waals surface area contributed by atoms with E-state index in [4.69, 9.17) is 4.74 Å². The average molecular weight is 774 g/mol. The van der Waals surface area contributed by atoms with Crippen molar-refractivity contribution in [2.45, 2.75) is 130 Å². The highest BCUT2D eigenvalue weighted by Crippen LogP contribution is 2.32. The Labute approximate surface area is 323 Å². The van der Waals surface area contributed by atoms with Crippen LogP contribution in [0.15, 0.2) is 29.6 Å². The number of esters is 1. The number of halogens is 1. The van der Waals surface area contributed by atoms with Gasteiger partial charge >= 0.3 is 11.9 Å². The van der Waals surface area contributed by atoms with Crippen molar-refractivity contribution in [1.82, 2.24) is 25.4 Å². The molecule has 54 heavy (non-hydrogen) atoms. The van der Waals surface area contributed by atoms with Crippen molar-refractivity contribution in [3.05, 3.63) is 51.7 Å². The van der Waals surface area contributed by atoms with Crippen LogP contribution in [-0.2, 0) is 30.3 Å². The van der Waals surface area contributed by atoms with Gasteiger partial charge in [-0.1, -0.05) is 66.5 Å². The molecule has 0 bridgehead atoms. The van der Waals surface area contributed by atoms with Crippen molar-refractivity contribution in [3.8, 4) is 0 Å². The van der Waals surface area contributed by atoms with Crippen LogP contribution in [0.5, 0.6) is 0 Å². The number of aromatic nitrogens is 1. The minimum atomic E-state index is -1.00. The van der Waals surface area contributed by atoms with Gasteiger partial charge in [0.25, 0.3) is 5.91 Å². The number of aliphatic carboxylic acids is 1. The van der Waals surface area contributed by atoms with Crippen molar-refractivity contribution >= 4 is 41.0 Å². The highest BCUT2D eigenvalue weighted by Gasteiger charge is 2.38. The zero-order valence-electron chi connectivity index (χ0n) is 33.1. The molecule has 1 aliphatic rings. The molecule has 7 atom stereocenters. The van der Waals surface area contributed by atoms with Crippen LogP contribution in [0, 0.1) is 23.6 Å². The summed E-state index contributed by atoms with van der Waals surface area (Å²) in [5.41, 5.74) is 0.810. The monoisotopic (exact) mass is 773 g/mol. The second-order valence-corrected chi connectivity index (χ2v) is 16.0. The minimum Gasteiger partial charge on any atom is -0.481 e. The Bertz CT molecular complexity index is 1550. The SMILES string of the molecule is CCCN(C(=O)[C@@H](NC(=O)[C@H]1CCCCN1C)[C@@H](C)CC)[C@H](C[C@@H](OC(C)=O)c1nc(C(=O)N[C@@H](Cc2ccc(F)cc2)C[C@H](C)C(=O)O)cs1)C(C)C. The molecule has 1 aromatic heterocycles. The van der Waals surface area contributed by atoms with Gasteiger partial charge < -0.3 is 25.4 Å². The van der Waals surface area contributed by atoms with E-state index in [1.165, 1.54) is 19.1 Å². The maximum Gasteiger partial charge on any atom is 0.306 e. The molecule has 0 saturated carbocycles.